The molecule has 0 fully saturated rings. The second kappa shape index (κ2) is 8.09. The predicted molar refractivity (Wildman–Crippen MR) is 163 cm³/mol. The number of halogens is 1. The summed E-state index contributed by atoms with van der Waals surface area (Å²) in [5.41, 5.74) is 16.9. The van der Waals surface area contributed by atoms with Gasteiger partial charge in [-0.2, -0.15) is 0 Å². The molecule has 8 rings (SSSR count). The molecule has 38 heavy (non-hydrogen) atoms. The van der Waals surface area contributed by atoms with Crippen molar-refractivity contribution in [2.45, 2.75) is 15.2 Å². The van der Waals surface area contributed by atoms with E-state index in [0.717, 1.165) is 4.47 Å². The first-order valence-electron chi connectivity index (χ1n) is 12.8. The van der Waals surface area contributed by atoms with Crippen LogP contribution in [0.25, 0.3) is 33.0 Å². The Labute approximate surface area is 233 Å². The maximum absolute atomic E-state index is 6.97. The summed E-state index contributed by atoms with van der Waals surface area (Å²) in [6.07, 6.45) is 0. The zero-order valence-corrected chi connectivity index (χ0v) is 22.9. The highest BCUT2D eigenvalue weighted by molar-refractivity contribution is 9.10. The molecule has 0 aromatic heterocycles. The third kappa shape index (κ3) is 2.78. The van der Waals surface area contributed by atoms with E-state index in [1.165, 1.54) is 65.1 Å². The molecule has 6 aromatic carbocycles. The van der Waals surface area contributed by atoms with Crippen LogP contribution in [-0.4, -0.2) is 0 Å². The van der Waals surface area contributed by atoms with Crippen molar-refractivity contribution in [3.05, 3.63) is 154 Å². The molecular formula is C36H22BrS-. The maximum atomic E-state index is 6.97. The Hall–Kier alpha value is -3.81. The van der Waals surface area contributed by atoms with Crippen molar-refractivity contribution in [2.24, 2.45) is 0 Å². The fourth-order valence-corrected chi connectivity index (χ4v) is 8.82. The molecule has 1 spiro atoms. The summed E-state index contributed by atoms with van der Waals surface area (Å²) in [7, 11) is -0.483. The number of rotatable bonds is 1. The van der Waals surface area contributed by atoms with Crippen LogP contribution >= 0.6 is 15.9 Å². The Bertz CT molecular complexity index is 1970. The predicted octanol–water partition coefficient (Wildman–Crippen LogP) is 9.57. The van der Waals surface area contributed by atoms with E-state index >= 15 is 0 Å². The summed E-state index contributed by atoms with van der Waals surface area (Å²) < 4.78 is 1.12. The van der Waals surface area contributed by atoms with E-state index in [0.29, 0.717) is 0 Å². The van der Waals surface area contributed by atoms with Crippen LogP contribution in [-0.2, 0) is 15.7 Å². The Balaban J connectivity index is 1.52. The van der Waals surface area contributed by atoms with Crippen molar-refractivity contribution in [2.75, 3.05) is 0 Å². The summed E-state index contributed by atoms with van der Waals surface area (Å²) in [4.78, 5) is 2.46. The first-order chi connectivity index (χ1) is 18.7. The quantitative estimate of drug-likeness (QED) is 0.174. The summed E-state index contributed by atoms with van der Waals surface area (Å²) >= 11 is 3.76. The fourth-order valence-electron chi connectivity index (χ4n) is 6.74. The van der Waals surface area contributed by atoms with Crippen molar-refractivity contribution in [1.29, 1.82) is 0 Å². The molecule has 180 valence electrons. The number of hydrogen-bond acceptors (Lipinski definition) is 1. The molecule has 0 saturated carbocycles. The minimum Gasteiger partial charge on any atom is -0.401 e. The van der Waals surface area contributed by atoms with Crippen molar-refractivity contribution in [3.63, 3.8) is 0 Å². The molecule has 0 bridgehead atoms. The summed E-state index contributed by atoms with van der Waals surface area (Å²) in [6, 6.07) is 46.7. The lowest BCUT2D eigenvalue weighted by Crippen LogP contribution is -2.34. The van der Waals surface area contributed by atoms with Crippen molar-refractivity contribution >= 4 is 37.0 Å². The van der Waals surface area contributed by atoms with Crippen molar-refractivity contribution in [3.8, 4) is 27.9 Å². The van der Waals surface area contributed by atoms with Gasteiger partial charge >= 0.3 is 0 Å². The second-order valence-corrected chi connectivity index (χ2v) is 12.4. The largest absolute Gasteiger partial charge is 0.401 e. The molecule has 6 aromatic rings. The topological polar surface area (TPSA) is 0 Å². The van der Waals surface area contributed by atoms with Gasteiger partial charge in [0.15, 0.2) is 0 Å². The highest BCUT2D eigenvalue weighted by Gasteiger charge is 2.48. The number of benzene rings is 6. The van der Waals surface area contributed by atoms with Gasteiger partial charge in [0, 0.05) is 4.47 Å². The van der Waals surface area contributed by atoms with E-state index < -0.39 is 15.7 Å². The van der Waals surface area contributed by atoms with Crippen LogP contribution in [0.1, 0.15) is 22.3 Å². The smallest absolute Gasteiger partial charge is 0.0683 e. The Morgan fingerprint density at radius 1 is 0.500 bits per heavy atom. The average Bonchev–Trinajstić information content (AvgIpc) is 3.27. The number of fused-ring (bicyclic) bond motifs is 10. The normalized spacial score (nSPS) is 14.6. The molecule has 0 amide bonds. The monoisotopic (exact) mass is 565 g/mol. The lowest BCUT2D eigenvalue weighted by atomic mass is 9.67. The summed E-state index contributed by atoms with van der Waals surface area (Å²) in [5.74, 6) is 0. The van der Waals surface area contributed by atoms with Gasteiger partial charge in [-0.3, -0.25) is 0 Å². The van der Waals surface area contributed by atoms with Crippen LogP contribution in [0.4, 0.5) is 0 Å². The Kier molecular flexibility index (Phi) is 4.73. The molecular weight excluding hydrogens is 544 g/mol. The molecule has 0 saturated heterocycles. The van der Waals surface area contributed by atoms with E-state index in [2.05, 4.69) is 143 Å². The van der Waals surface area contributed by atoms with Gasteiger partial charge in [-0.15, -0.1) is 9.79 Å². The Morgan fingerprint density at radius 2 is 1.05 bits per heavy atom. The van der Waals surface area contributed by atoms with Crippen LogP contribution in [0.3, 0.4) is 0 Å². The van der Waals surface area contributed by atoms with Gasteiger partial charge < -0.3 is 16.0 Å². The molecule has 2 aliphatic rings. The molecule has 0 unspecified atom stereocenters. The zero-order chi connectivity index (χ0) is 25.4. The summed E-state index contributed by atoms with van der Waals surface area (Å²) in [6.45, 7) is 0. The van der Waals surface area contributed by atoms with E-state index in [4.69, 9.17) is 5.69 Å². The minimum atomic E-state index is -0.483. The molecule has 0 nitrogen and oxygen atoms in total. The first kappa shape index (κ1) is 22.2. The van der Waals surface area contributed by atoms with Gasteiger partial charge in [-0.05, 0) is 67.4 Å². The average molecular weight is 567 g/mol. The second-order valence-electron chi connectivity index (χ2n) is 10.0. The molecule has 1 aliphatic carbocycles. The summed E-state index contributed by atoms with van der Waals surface area (Å²) in [5, 5.41) is 2.48. The van der Waals surface area contributed by atoms with Gasteiger partial charge in [-0.25, -0.2) is 0 Å². The van der Waals surface area contributed by atoms with Crippen LogP contribution in [0.15, 0.2) is 142 Å². The molecule has 0 N–H and O–H groups in total. The number of hydrogen-bond donors (Lipinski definition) is 0. The molecule has 0 atom stereocenters. The highest BCUT2D eigenvalue weighted by atomic mass is 79.9. The maximum Gasteiger partial charge on any atom is 0.0683 e. The standard InChI is InChI=1S/C36H22BrS/c1-38-34-16-8-6-14-30(34)36(31-15-7-9-17-35(31)38)29-13-5-4-11-26(29)27-19-18-23(22-32(27)36)24-20-21-33(37)28-12-3-2-10-25(24)28/h1-22H/q-1. The van der Waals surface area contributed by atoms with Crippen molar-refractivity contribution in [1.82, 2.24) is 0 Å². The third-order valence-corrected chi connectivity index (χ3v) is 10.6. The third-order valence-electron chi connectivity index (χ3n) is 8.28. The molecule has 1 heterocycles. The van der Waals surface area contributed by atoms with Gasteiger partial charge in [0.05, 0.1) is 5.41 Å². The Morgan fingerprint density at radius 3 is 1.79 bits per heavy atom. The van der Waals surface area contributed by atoms with Crippen LogP contribution < -0.4 is 0 Å². The fraction of sp³-hybridized carbons (Fsp3) is 0.0278. The lowest BCUT2D eigenvalue weighted by Gasteiger charge is -2.46. The minimum absolute atomic E-state index is 0.414. The van der Waals surface area contributed by atoms with Crippen LogP contribution in [0.2, 0.25) is 0 Å². The SMILES string of the molecule is C#[S-]1c2ccccc2C2(c3ccccc3-c3ccc(-c4ccc(Br)c5ccccc45)cc32)c2ccccc21. The highest BCUT2D eigenvalue weighted by Crippen LogP contribution is 2.60. The molecule has 2 heteroatoms. The van der Waals surface area contributed by atoms with Gasteiger partial charge in [0.2, 0.25) is 0 Å². The van der Waals surface area contributed by atoms with Crippen molar-refractivity contribution < 1.29 is 0 Å². The lowest BCUT2D eigenvalue weighted by molar-refractivity contribution is 0.721. The van der Waals surface area contributed by atoms with Gasteiger partial charge in [-0.1, -0.05) is 131 Å². The van der Waals surface area contributed by atoms with E-state index in [1.807, 2.05) is 0 Å². The van der Waals surface area contributed by atoms with E-state index in [9.17, 15) is 0 Å². The molecule has 0 radical (unpaired) electrons. The van der Waals surface area contributed by atoms with Gasteiger partial charge in [0.1, 0.15) is 0 Å². The first-order valence-corrected chi connectivity index (χ1v) is 14.9. The van der Waals surface area contributed by atoms with Crippen LogP contribution in [0.5, 0.6) is 0 Å². The van der Waals surface area contributed by atoms with E-state index in [1.54, 1.807) is 0 Å². The van der Waals surface area contributed by atoms with Crippen LogP contribution in [0, 0.1) is 5.69 Å². The van der Waals surface area contributed by atoms with Gasteiger partial charge in [0.25, 0.3) is 0 Å². The zero-order valence-electron chi connectivity index (χ0n) is 20.5. The molecule has 1 aliphatic heterocycles. The van der Waals surface area contributed by atoms with E-state index in [-0.39, 0.29) is 0 Å².